The van der Waals surface area contributed by atoms with E-state index in [1.165, 1.54) is 5.56 Å². The summed E-state index contributed by atoms with van der Waals surface area (Å²) in [6.07, 6.45) is 4.75. The van der Waals surface area contributed by atoms with Gasteiger partial charge in [-0.05, 0) is 31.0 Å². The maximum Gasteiger partial charge on any atom is 0.202 e. The third-order valence-corrected chi connectivity index (χ3v) is 3.11. The minimum Gasteiger partial charge on any atom is -0.492 e. The quantitative estimate of drug-likeness (QED) is 0.721. The molecular weight excluding hydrogens is 266 g/mol. The molecule has 0 aliphatic heterocycles. The molecule has 0 atom stereocenters. The predicted molar refractivity (Wildman–Crippen MR) is 83.9 cm³/mol. The van der Waals surface area contributed by atoms with Crippen molar-refractivity contribution in [3.63, 3.8) is 0 Å². The summed E-state index contributed by atoms with van der Waals surface area (Å²) < 4.78 is 12.9. The van der Waals surface area contributed by atoms with Crippen molar-refractivity contribution < 1.29 is 9.47 Å². The van der Waals surface area contributed by atoms with Crippen molar-refractivity contribution in [2.75, 3.05) is 32.2 Å². The number of hydrogen-bond acceptors (Lipinski definition) is 4. The van der Waals surface area contributed by atoms with Crippen molar-refractivity contribution in [1.29, 1.82) is 0 Å². The average Bonchev–Trinajstić information content (AvgIpc) is 2.92. The second-order valence-electron chi connectivity index (χ2n) is 4.88. The topological polar surface area (TPSA) is 48.3 Å². The monoisotopic (exact) mass is 289 g/mol. The Morgan fingerprint density at radius 1 is 1.29 bits per heavy atom. The first kappa shape index (κ1) is 15.4. The summed E-state index contributed by atoms with van der Waals surface area (Å²) in [4.78, 5) is 4.31. The van der Waals surface area contributed by atoms with Crippen molar-refractivity contribution in [1.82, 2.24) is 9.55 Å². The Bertz CT molecular complexity index is 540. The van der Waals surface area contributed by atoms with Gasteiger partial charge in [-0.25, -0.2) is 4.98 Å². The number of ether oxygens (including phenoxy) is 2. The summed E-state index contributed by atoms with van der Waals surface area (Å²) in [6, 6.07) is 8.06. The van der Waals surface area contributed by atoms with E-state index in [-0.39, 0.29) is 0 Å². The molecule has 1 N–H and O–H groups in total. The molecule has 0 aliphatic rings. The summed E-state index contributed by atoms with van der Waals surface area (Å²) >= 11 is 0. The van der Waals surface area contributed by atoms with Gasteiger partial charge >= 0.3 is 0 Å². The van der Waals surface area contributed by atoms with Gasteiger partial charge in [0.05, 0.1) is 6.54 Å². The summed E-state index contributed by atoms with van der Waals surface area (Å²) in [6.45, 7) is 5.04. The van der Waals surface area contributed by atoms with E-state index in [1.54, 1.807) is 13.3 Å². The highest BCUT2D eigenvalue weighted by Gasteiger charge is 2.01. The summed E-state index contributed by atoms with van der Waals surface area (Å²) in [5.74, 6) is 1.78. The third-order valence-electron chi connectivity index (χ3n) is 3.11. The van der Waals surface area contributed by atoms with E-state index >= 15 is 0 Å². The standard InChI is InChI=1S/C16H23N3O2/c1-14-5-3-6-15(13-14)21-12-8-18-16-17-7-10-19(16)9-4-11-20-2/h3,5-7,10,13H,4,8-9,11-12H2,1-2H3,(H,17,18). The molecule has 0 saturated heterocycles. The van der Waals surface area contributed by atoms with Gasteiger partial charge in [0.15, 0.2) is 0 Å². The highest BCUT2D eigenvalue weighted by Crippen LogP contribution is 2.12. The van der Waals surface area contributed by atoms with E-state index in [0.717, 1.165) is 37.8 Å². The first-order valence-electron chi connectivity index (χ1n) is 7.23. The Kier molecular flexibility index (Phi) is 6.09. The van der Waals surface area contributed by atoms with Crippen molar-refractivity contribution in [3.05, 3.63) is 42.2 Å². The Morgan fingerprint density at radius 2 is 2.19 bits per heavy atom. The predicted octanol–water partition coefficient (Wildman–Crippen LogP) is 2.72. The van der Waals surface area contributed by atoms with Crippen LogP contribution in [0.2, 0.25) is 0 Å². The van der Waals surface area contributed by atoms with Crippen LogP contribution in [0.5, 0.6) is 5.75 Å². The Hall–Kier alpha value is -2.01. The van der Waals surface area contributed by atoms with Gasteiger partial charge in [0.1, 0.15) is 12.4 Å². The fourth-order valence-electron chi connectivity index (χ4n) is 2.07. The van der Waals surface area contributed by atoms with Crippen LogP contribution >= 0.6 is 0 Å². The SMILES string of the molecule is COCCCn1ccnc1NCCOc1cccc(C)c1. The normalized spacial score (nSPS) is 10.6. The molecule has 1 aromatic heterocycles. The van der Waals surface area contributed by atoms with Gasteiger partial charge < -0.3 is 19.4 Å². The lowest BCUT2D eigenvalue weighted by Crippen LogP contribution is -2.15. The van der Waals surface area contributed by atoms with Crippen LogP contribution in [0.3, 0.4) is 0 Å². The van der Waals surface area contributed by atoms with Gasteiger partial charge in [-0.2, -0.15) is 0 Å². The van der Waals surface area contributed by atoms with E-state index < -0.39 is 0 Å². The highest BCUT2D eigenvalue weighted by atomic mass is 16.5. The number of nitrogens with zero attached hydrogens (tertiary/aromatic N) is 2. The zero-order valence-corrected chi connectivity index (χ0v) is 12.7. The number of benzene rings is 1. The minimum absolute atomic E-state index is 0.606. The largest absolute Gasteiger partial charge is 0.492 e. The summed E-state index contributed by atoms with van der Waals surface area (Å²) in [7, 11) is 1.72. The van der Waals surface area contributed by atoms with Crippen LogP contribution in [0.4, 0.5) is 5.95 Å². The number of aryl methyl sites for hydroxylation is 2. The Morgan fingerprint density at radius 3 is 3.00 bits per heavy atom. The lowest BCUT2D eigenvalue weighted by molar-refractivity contribution is 0.190. The zero-order valence-electron chi connectivity index (χ0n) is 12.7. The number of rotatable bonds is 9. The summed E-state index contributed by atoms with van der Waals surface area (Å²) in [5.41, 5.74) is 1.20. The molecule has 21 heavy (non-hydrogen) atoms. The number of hydrogen-bond donors (Lipinski definition) is 1. The molecule has 2 aromatic rings. The third kappa shape index (κ3) is 5.11. The molecule has 0 spiro atoms. The smallest absolute Gasteiger partial charge is 0.202 e. The van der Waals surface area contributed by atoms with Crippen LogP contribution in [0.25, 0.3) is 0 Å². The molecule has 1 aromatic carbocycles. The van der Waals surface area contributed by atoms with Gasteiger partial charge in [-0.1, -0.05) is 12.1 Å². The van der Waals surface area contributed by atoms with E-state index in [2.05, 4.69) is 27.9 Å². The lowest BCUT2D eigenvalue weighted by atomic mass is 10.2. The molecule has 114 valence electrons. The van der Waals surface area contributed by atoms with Crippen LogP contribution in [-0.2, 0) is 11.3 Å². The van der Waals surface area contributed by atoms with Crippen molar-refractivity contribution >= 4 is 5.95 Å². The molecule has 1 heterocycles. The van der Waals surface area contributed by atoms with Gasteiger partial charge in [-0.15, -0.1) is 0 Å². The molecule has 0 fully saturated rings. The zero-order chi connectivity index (χ0) is 14.9. The second-order valence-corrected chi connectivity index (χ2v) is 4.88. The highest BCUT2D eigenvalue weighted by molar-refractivity contribution is 5.28. The maximum absolute atomic E-state index is 5.70. The van der Waals surface area contributed by atoms with E-state index in [0.29, 0.717) is 6.61 Å². The number of aromatic nitrogens is 2. The fraction of sp³-hybridized carbons (Fsp3) is 0.438. The summed E-state index contributed by atoms with van der Waals surface area (Å²) in [5, 5.41) is 3.29. The molecule has 0 aliphatic carbocycles. The van der Waals surface area contributed by atoms with Crippen LogP contribution in [-0.4, -0.2) is 36.4 Å². The minimum atomic E-state index is 0.606. The molecule has 0 radical (unpaired) electrons. The second kappa shape index (κ2) is 8.32. The Labute approximate surface area is 125 Å². The van der Waals surface area contributed by atoms with Gasteiger partial charge in [0, 0.05) is 32.7 Å². The maximum atomic E-state index is 5.70. The van der Waals surface area contributed by atoms with Gasteiger partial charge in [0.2, 0.25) is 5.95 Å². The first-order valence-corrected chi connectivity index (χ1v) is 7.23. The number of nitrogens with one attached hydrogen (secondary N) is 1. The van der Waals surface area contributed by atoms with Gasteiger partial charge in [-0.3, -0.25) is 0 Å². The molecular formula is C16H23N3O2. The van der Waals surface area contributed by atoms with E-state index in [9.17, 15) is 0 Å². The molecule has 5 heteroatoms. The molecule has 5 nitrogen and oxygen atoms in total. The number of anilines is 1. The van der Waals surface area contributed by atoms with Gasteiger partial charge in [0.25, 0.3) is 0 Å². The average molecular weight is 289 g/mol. The van der Waals surface area contributed by atoms with Crippen LogP contribution in [0, 0.1) is 6.92 Å². The van der Waals surface area contributed by atoms with Crippen molar-refractivity contribution in [3.8, 4) is 5.75 Å². The van der Waals surface area contributed by atoms with Crippen molar-refractivity contribution in [2.24, 2.45) is 0 Å². The lowest BCUT2D eigenvalue weighted by Gasteiger charge is -2.11. The Balaban J connectivity index is 1.72. The first-order chi connectivity index (χ1) is 10.3. The molecule has 0 amide bonds. The van der Waals surface area contributed by atoms with Crippen molar-refractivity contribution in [2.45, 2.75) is 19.9 Å². The van der Waals surface area contributed by atoms with Crippen LogP contribution in [0.1, 0.15) is 12.0 Å². The van der Waals surface area contributed by atoms with E-state index in [4.69, 9.17) is 9.47 Å². The molecule has 0 bridgehead atoms. The number of methoxy groups -OCH3 is 1. The fourth-order valence-corrected chi connectivity index (χ4v) is 2.07. The van der Waals surface area contributed by atoms with Crippen LogP contribution in [0.15, 0.2) is 36.7 Å². The van der Waals surface area contributed by atoms with E-state index in [1.807, 2.05) is 24.4 Å². The molecule has 0 unspecified atom stereocenters. The molecule has 2 rings (SSSR count). The number of imidazole rings is 1. The van der Waals surface area contributed by atoms with Crippen LogP contribution < -0.4 is 10.1 Å². The molecule has 0 saturated carbocycles.